The summed E-state index contributed by atoms with van der Waals surface area (Å²) in [6.07, 6.45) is 3.50. The normalized spacial score (nSPS) is 10.3. The van der Waals surface area contributed by atoms with Gasteiger partial charge in [0.2, 0.25) is 0 Å². The maximum Gasteiger partial charge on any atom is 0.152 e. The first-order valence-electron chi connectivity index (χ1n) is 4.53. The Kier molecular flexibility index (Phi) is 2.73. The Labute approximate surface area is 96.5 Å². The molecule has 0 spiro atoms. The molecule has 0 saturated heterocycles. The summed E-state index contributed by atoms with van der Waals surface area (Å²) >= 11 is 3.37. The van der Waals surface area contributed by atoms with Crippen molar-refractivity contribution >= 4 is 27.4 Å². The molecule has 0 radical (unpaired) electrons. The summed E-state index contributed by atoms with van der Waals surface area (Å²) in [5, 5.41) is 7.48. The van der Waals surface area contributed by atoms with Crippen molar-refractivity contribution in [1.82, 2.24) is 14.8 Å². The van der Waals surface area contributed by atoms with Crippen LogP contribution in [0, 0.1) is 6.92 Å². The fourth-order valence-corrected chi connectivity index (χ4v) is 1.61. The van der Waals surface area contributed by atoms with E-state index in [2.05, 4.69) is 31.3 Å². The van der Waals surface area contributed by atoms with E-state index in [1.54, 1.807) is 12.4 Å². The van der Waals surface area contributed by atoms with Crippen molar-refractivity contribution in [3.05, 3.63) is 34.7 Å². The minimum atomic E-state index is 0.829. The average Bonchev–Trinajstić information content (AvgIpc) is 2.45. The molecule has 4 nitrogen and oxygen atoms in total. The fourth-order valence-electron chi connectivity index (χ4n) is 1.25. The predicted molar refractivity (Wildman–Crippen MR) is 63.2 cm³/mol. The highest BCUT2D eigenvalue weighted by atomic mass is 79.9. The molecule has 0 atom stereocenters. The van der Waals surface area contributed by atoms with Crippen LogP contribution in [0.4, 0.5) is 11.5 Å². The number of pyridine rings is 1. The van der Waals surface area contributed by atoms with E-state index < -0.39 is 0 Å². The molecule has 0 unspecified atom stereocenters. The van der Waals surface area contributed by atoms with E-state index in [0.717, 1.165) is 21.7 Å². The lowest BCUT2D eigenvalue weighted by Crippen LogP contribution is -1.95. The van der Waals surface area contributed by atoms with E-state index in [0.29, 0.717) is 0 Å². The highest BCUT2D eigenvalue weighted by Crippen LogP contribution is 2.18. The molecule has 2 heterocycles. The van der Waals surface area contributed by atoms with Gasteiger partial charge in [-0.1, -0.05) is 0 Å². The Balaban J connectivity index is 2.22. The molecule has 2 aromatic rings. The SMILES string of the molecule is Cc1cc(Nc2cncc(Br)c2)nn1C. The summed E-state index contributed by atoms with van der Waals surface area (Å²) in [5.41, 5.74) is 2.03. The fraction of sp³-hybridized carbons (Fsp3) is 0.200. The Morgan fingerprint density at radius 1 is 1.33 bits per heavy atom. The highest BCUT2D eigenvalue weighted by molar-refractivity contribution is 9.10. The zero-order chi connectivity index (χ0) is 10.8. The zero-order valence-electron chi connectivity index (χ0n) is 8.53. The van der Waals surface area contributed by atoms with Crippen LogP contribution in [-0.4, -0.2) is 14.8 Å². The van der Waals surface area contributed by atoms with Crippen molar-refractivity contribution in [3.8, 4) is 0 Å². The van der Waals surface area contributed by atoms with Gasteiger partial charge in [0.05, 0.1) is 11.9 Å². The summed E-state index contributed by atoms with van der Waals surface area (Å²) in [6.45, 7) is 2.01. The van der Waals surface area contributed by atoms with Crippen LogP contribution in [0.3, 0.4) is 0 Å². The zero-order valence-corrected chi connectivity index (χ0v) is 10.1. The molecule has 0 fully saturated rings. The molecule has 0 aromatic carbocycles. The number of nitrogens with zero attached hydrogens (tertiary/aromatic N) is 3. The van der Waals surface area contributed by atoms with Crippen LogP contribution in [0.1, 0.15) is 5.69 Å². The smallest absolute Gasteiger partial charge is 0.152 e. The van der Waals surface area contributed by atoms with Crippen LogP contribution in [0.5, 0.6) is 0 Å². The third kappa shape index (κ3) is 2.36. The molecule has 78 valence electrons. The van der Waals surface area contributed by atoms with E-state index >= 15 is 0 Å². The van der Waals surface area contributed by atoms with E-state index in [-0.39, 0.29) is 0 Å². The van der Waals surface area contributed by atoms with Crippen molar-refractivity contribution in [2.75, 3.05) is 5.32 Å². The predicted octanol–water partition coefficient (Wildman–Crippen LogP) is 2.63. The van der Waals surface area contributed by atoms with Gasteiger partial charge in [0, 0.05) is 29.5 Å². The Bertz CT molecular complexity index is 459. The van der Waals surface area contributed by atoms with Crippen molar-refractivity contribution in [2.24, 2.45) is 7.05 Å². The van der Waals surface area contributed by atoms with Gasteiger partial charge in [-0.05, 0) is 28.9 Å². The van der Waals surface area contributed by atoms with Crippen LogP contribution in [-0.2, 0) is 7.05 Å². The molecule has 0 aliphatic heterocycles. The van der Waals surface area contributed by atoms with Gasteiger partial charge in [-0.25, -0.2) is 0 Å². The molecule has 0 aliphatic rings. The lowest BCUT2D eigenvalue weighted by Gasteiger charge is -2.01. The first-order valence-corrected chi connectivity index (χ1v) is 5.32. The van der Waals surface area contributed by atoms with E-state index in [1.165, 1.54) is 0 Å². The number of hydrogen-bond donors (Lipinski definition) is 1. The minimum Gasteiger partial charge on any atom is -0.337 e. The van der Waals surface area contributed by atoms with Crippen LogP contribution in [0.2, 0.25) is 0 Å². The number of rotatable bonds is 2. The first-order chi connectivity index (χ1) is 7.15. The second-order valence-electron chi connectivity index (χ2n) is 3.31. The Morgan fingerprint density at radius 2 is 2.13 bits per heavy atom. The third-order valence-corrected chi connectivity index (χ3v) is 2.52. The van der Waals surface area contributed by atoms with Gasteiger partial charge in [0.1, 0.15) is 0 Å². The molecule has 0 amide bonds. The molecule has 2 rings (SSSR count). The largest absolute Gasteiger partial charge is 0.337 e. The van der Waals surface area contributed by atoms with Crippen LogP contribution in [0.15, 0.2) is 29.0 Å². The number of aromatic nitrogens is 3. The molecule has 1 N–H and O–H groups in total. The minimum absolute atomic E-state index is 0.829. The molecule has 15 heavy (non-hydrogen) atoms. The number of aryl methyl sites for hydroxylation is 2. The van der Waals surface area contributed by atoms with E-state index in [1.807, 2.05) is 30.8 Å². The topological polar surface area (TPSA) is 42.7 Å². The Hall–Kier alpha value is -1.36. The molecule has 0 aliphatic carbocycles. The molecule has 5 heteroatoms. The third-order valence-electron chi connectivity index (χ3n) is 2.09. The van der Waals surface area contributed by atoms with Gasteiger partial charge in [0.25, 0.3) is 0 Å². The molecule has 0 bridgehead atoms. The van der Waals surface area contributed by atoms with Gasteiger partial charge in [-0.15, -0.1) is 0 Å². The highest BCUT2D eigenvalue weighted by Gasteiger charge is 2.01. The van der Waals surface area contributed by atoms with E-state index in [4.69, 9.17) is 0 Å². The van der Waals surface area contributed by atoms with E-state index in [9.17, 15) is 0 Å². The summed E-state index contributed by atoms with van der Waals surface area (Å²) < 4.78 is 2.77. The number of anilines is 2. The molecular weight excluding hydrogens is 256 g/mol. The van der Waals surface area contributed by atoms with Gasteiger partial charge >= 0.3 is 0 Å². The second-order valence-corrected chi connectivity index (χ2v) is 4.23. The van der Waals surface area contributed by atoms with Crippen molar-refractivity contribution < 1.29 is 0 Å². The number of halogens is 1. The van der Waals surface area contributed by atoms with Gasteiger partial charge in [-0.3, -0.25) is 9.67 Å². The summed E-state index contributed by atoms with van der Waals surface area (Å²) in [6, 6.07) is 3.94. The summed E-state index contributed by atoms with van der Waals surface area (Å²) in [4.78, 5) is 4.07. The lowest BCUT2D eigenvalue weighted by molar-refractivity contribution is 0.743. The lowest BCUT2D eigenvalue weighted by atomic mass is 10.4. The Morgan fingerprint density at radius 3 is 2.73 bits per heavy atom. The monoisotopic (exact) mass is 266 g/mol. The van der Waals surface area contributed by atoms with Crippen LogP contribution in [0.25, 0.3) is 0 Å². The van der Waals surface area contributed by atoms with Crippen LogP contribution >= 0.6 is 15.9 Å². The second kappa shape index (κ2) is 4.02. The first kappa shape index (κ1) is 10.2. The quantitative estimate of drug-likeness (QED) is 0.909. The van der Waals surface area contributed by atoms with Crippen molar-refractivity contribution in [1.29, 1.82) is 0 Å². The van der Waals surface area contributed by atoms with Gasteiger partial charge in [0.15, 0.2) is 5.82 Å². The average molecular weight is 267 g/mol. The maximum atomic E-state index is 4.30. The van der Waals surface area contributed by atoms with Crippen molar-refractivity contribution in [3.63, 3.8) is 0 Å². The molecule has 0 saturated carbocycles. The molecule has 2 aromatic heterocycles. The van der Waals surface area contributed by atoms with Gasteiger partial charge < -0.3 is 5.32 Å². The summed E-state index contributed by atoms with van der Waals surface area (Å²) in [7, 11) is 1.92. The standard InChI is InChI=1S/C10H11BrN4/c1-7-3-10(14-15(7)2)13-9-4-8(11)5-12-6-9/h3-6H,1-2H3,(H,13,14). The number of hydrogen-bond acceptors (Lipinski definition) is 3. The van der Waals surface area contributed by atoms with Gasteiger partial charge in [-0.2, -0.15) is 5.10 Å². The maximum absolute atomic E-state index is 4.30. The summed E-state index contributed by atoms with van der Waals surface area (Å²) in [5.74, 6) is 0.829. The van der Waals surface area contributed by atoms with Crippen LogP contribution < -0.4 is 5.32 Å². The molecular formula is C10H11BrN4. The number of nitrogens with one attached hydrogen (secondary N) is 1. The van der Waals surface area contributed by atoms with Crippen molar-refractivity contribution in [2.45, 2.75) is 6.92 Å².